The third-order valence-corrected chi connectivity index (χ3v) is 8.48. The van der Waals surface area contributed by atoms with Crippen molar-refractivity contribution in [3.05, 3.63) is 84.5 Å². The van der Waals surface area contributed by atoms with Crippen molar-refractivity contribution < 1.29 is 29.7 Å². The molecule has 5 heterocycles. The Morgan fingerprint density at radius 2 is 1.30 bits per heavy atom. The van der Waals surface area contributed by atoms with Crippen LogP contribution in [0.3, 0.4) is 0 Å². The summed E-state index contributed by atoms with van der Waals surface area (Å²) in [5.74, 6) is -1.74. The number of carboxylic acids is 2. The number of carbonyl (C=O) groups is 3. The SMILES string of the molecule is CC1=C(C)C2=NC1=CC1=NC(=CC3=NC(=Cc4[nH]c(/c(=C/O)c4C=O)=C2)C(C)=C3CCCC(=O)O)C(CCCC(=O)O)=C1C. The molecule has 4 aliphatic heterocycles. The molecule has 10 nitrogen and oxygen atoms in total. The molecular formula is C34H34N4O6. The van der Waals surface area contributed by atoms with Gasteiger partial charge in [0.1, 0.15) is 0 Å². The van der Waals surface area contributed by atoms with Gasteiger partial charge in [-0.2, -0.15) is 0 Å². The van der Waals surface area contributed by atoms with Crippen LogP contribution in [0, 0.1) is 0 Å². The number of rotatable bonds is 9. The number of aromatic nitrogens is 1. The van der Waals surface area contributed by atoms with Crippen LogP contribution in [0.15, 0.2) is 77.7 Å². The van der Waals surface area contributed by atoms with Crippen molar-refractivity contribution in [2.24, 2.45) is 15.0 Å². The number of hydrogen-bond acceptors (Lipinski definition) is 7. The zero-order valence-electron chi connectivity index (χ0n) is 25.1. The molecule has 4 aliphatic rings. The van der Waals surface area contributed by atoms with Crippen LogP contribution in [0.2, 0.25) is 0 Å². The van der Waals surface area contributed by atoms with Crippen LogP contribution >= 0.6 is 0 Å². The van der Waals surface area contributed by atoms with Crippen LogP contribution in [-0.2, 0) is 9.59 Å². The first kappa shape index (κ1) is 30.3. The van der Waals surface area contributed by atoms with Crippen molar-refractivity contribution in [1.82, 2.24) is 4.98 Å². The number of hydrogen-bond donors (Lipinski definition) is 4. The van der Waals surface area contributed by atoms with Crippen molar-refractivity contribution in [2.75, 3.05) is 0 Å². The summed E-state index contributed by atoms with van der Waals surface area (Å²) in [5.41, 5.74) is 10.3. The van der Waals surface area contributed by atoms with Gasteiger partial charge in [-0.1, -0.05) is 0 Å². The lowest BCUT2D eigenvalue weighted by Gasteiger charge is -2.08. The lowest BCUT2D eigenvalue weighted by atomic mass is 9.95. The highest BCUT2D eigenvalue weighted by atomic mass is 16.4. The zero-order chi connectivity index (χ0) is 31.7. The number of nitrogens with one attached hydrogen (secondary N) is 1. The number of allylic oxidation sites excluding steroid dienone is 8. The fourth-order valence-corrected chi connectivity index (χ4v) is 5.80. The monoisotopic (exact) mass is 594 g/mol. The summed E-state index contributed by atoms with van der Waals surface area (Å²) in [6.07, 6.45) is 10.8. The molecular weight excluding hydrogens is 560 g/mol. The van der Waals surface area contributed by atoms with Gasteiger partial charge in [0.2, 0.25) is 0 Å². The van der Waals surface area contributed by atoms with Crippen LogP contribution in [0.25, 0.3) is 18.4 Å². The summed E-state index contributed by atoms with van der Waals surface area (Å²) in [4.78, 5) is 52.9. The molecule has 0 aromatic carbocycles. The summed E-state index contributed by atoms with van der Waals surface area (Å²) < 4.78 is 0. The molecule has 10 heteroatoms. The Labute approximate surface area is 254 Å². The van der Waals surface area contributed by atoms with Gasteiger partial charge in [-0.05, 0) is 111 Å². The standard InChI is InChI=1S/C34H34N4O6/c1-17-18(2)26-12-31-23(15-39)24(16-40)32(38-31)13-28-20(4)22(8-6-10-34(43)44)30(37-28)14-29-21(7-5-9-33(41)42)19(3)27(36-29)11-25(17)35-26/h11-16,38-39H,5-10H2,1-4H3,(H,41,42)(H,43,44)/b23-15+,25-11?,28-13?,29-14?,31-12?. The molecule has 0 aliphatic carbocycles. The molecule has 1 aromatic heterocycles. The molecule has 0 spiro atoms. The minimum absolute atomic E-state index is 0.00439. The summed E-state index contributed by atoms with van der Waals surface area (Å²) in [5, 5.41) is 29.5. The molecule has 4 N–H and O–H groups in total. The highest BCUT2D eigenvalue weighted by molar-refractivity contribution is 6.24. The Morgan fingerprint density at radius 1 is 0.727 bits per heavy atom. The third-order valence-electron chi connectivity index (χ3n) is 8.48. The second-order valence-electron chi connectivity index (χ2n) is 11.2. The van der Waals surface area contributed by atoms with E-state index in [9.17, 15) is 29.7 Å². The Bertz CT molecular complexity index is 1920. The van der Waals surface area contributed by atoms with Crippen LogP contribution in [0.1, 0.15) is 82.3 Å². The summed E-state index contributed by atoms with van der Waals surface area (Å²) in [6, 6.07) is 0. The Morgan fingerprint density at radius 3 is 1.93 bits per heavy atom. The zero-order valence-corrected chi connectivity index (χ0v) is 25.1. The number of carbonyl (C=O) groups excluding carboxylic acids is 1. The molecule has 5 rings (SSSR count). The average Bonchev–Trinajstić information content (AvgIpc) is 3.64. The molecule has 0 saturated heterocycles. The minimum atomic E-state index is -0.882. The van der Waals surface area contributed by atoms with E-state index in [2.05, 4.69) is 4.98 Å². The molecule has 0 atom stereocenters. The Kier molecular flexibility index (Phi) is 8.44. The van der Waals surface area contributed by atoms with Gasteiger partial charge in [0.05, 0.1) is 57.1 Å². The van der Waals surface area contributed by atoms with Gasteiger partial charge in [0, 0.05) is 18.1 Å². The lowest BCUT2D eigenvalue weighted by Crippen LogP contribution is -2.26. The number of aliphatic hydroxyl groups excluding tert-OH is 1. The van der Waals surface area contributed by atoms with E-state index in [0.717, 1.165) is 51.1 Å². The van der Waals surface area contributed by atoms with Crippen molar-refractivity contribution in [2.45, 2.75) is 66.2 Å². The second-order valence-corrected chi connectivity index (χ2v) is 11.2. The van der Waals surface area contributed by atoms with Crippen LogP contribution in [0.5, 0.6) is 0 Å². The summed E-state index contributed by atoms with van der Waals surface area (Å²) >= 11 is 0. The average molecular weight is 595 g/mol. The van der Waals surface area contributed by atoms with Crippen molar-refractivity contribution in [3.63, 3.8) is 0 Å². The molecule has 0 unspecified atom stereocenters. The number of aliphatic carboxylic acids is 2. The third kappa shape index (κ3) is 5.75. The fourth-order valence-electron chi connectivity index (χ4n) is 5.80. The van der Waals surface area contributed by atoms with Crippen molar-refractivity contribution >= 4 is 53.8 Å². The smallest absolute Gasteiger partial charge is 0.303 e. The van der Waals surface area contributed by atoms with E-state index < -0.39 is 11.9 Å². The predicted octanol–water partition coefficient (Wildman–Crippen LogP) is 4.87. The van der Waals surface area contributed by atoms with Crippen LogP contribution in [0.4, 0.5) is 0 Å². The summed E-state index contributed by atoms with van der Waals surface area (Å²) in [7, 11) is 0. The first-order chi connectivity index (χ1) is 21.0. The van der Waals surface area contributed by atoms with Gasteiger partial charge in [0.15, 0.2) is 6.29 Å². The normalized spacial score (nSPS) is 18.1. The first-order valence-corrected chi connectivity index (χ1v) is 14.5. The van der Waals surface area contributed by atoms with Gasteiger partial charge in [0.25, 0.3) is 0 Å². The maximum absolute atomic E-state index is 12.2. The predicted molar refractivity (Wildman–Crippen MR) is 170 cm³/mol. The van der Waals surface area contributed by atoms with E-state index in [4.69, 9.17) is 15.0 Å². The number of H-pyrrole nitrogens is 1. The molecule has 0 radical (unpaired) electrons. The van der Waals surface area contributed by atoms with Crippen molar-refractivity contribution in [3.8, 4) is 0 Å². The minimum Gasteiger partial charge on any atom is -0.515 e. The van der Waals surface area contributed by atoms with Gasteiger partial charge < -0.3 is 20.3 Å². The largest absolute Gasteiger partial charge is 0.515 e. The topological polar surface area (TPSA) is 165 Å². The number of fused-ring (bicyclic) bond motifs is 5. The summed E-state index contributed by atoms with van der Waals surface area (Å²) in [6.45, 7) is 7.82. The maximum atomic E-state index is 12.2. The Hall–Kier alpha value is -5.12. The highest BCUT2D eigenvalue weighted by Gasteiger charge is 2.26. The van der Waals surface area contributed by atoms with E-state index in [1.807, 2.05) is 39.8 Å². The number of carboxylic acid groups (broad SMARTS) is 2. The van der Waals surface area contributed by atoms with Gasteiger partial charge in [-0.3, -0.25) is 14.4 Å². The molecule has 1 aromatic rings. The Balaban J connectivity index is 1.77. The molecule has 226 valence electrons. The second kappa shape index (κ2) is 12.2. The highest BCUT2D eigenvalue weighted by Crippen LogP contribution is 2.36. The number of aliphatic imine (C=N–C) groups is 3. The van der Waals surface area contributed by atoms with E-state index >= 15 is 0 Å². The molecule has 0 amide bonds. The molecule has 0 saturated carbocycles. The lowest BCUT2D eigenvalue weighted by molar-refractivity contribution is -0.138. The number of aldehydes is 1. The number of aromatic amines is 1. The quantitative estimate of drug-likeness (QED) is 0.298. The van der Waals surface area contributed by atoms with Crippen LogP contribution < -0.4 is 10.6 Å². The fraction of sp³-hybridized carbons (Fsp3) is 0.294. The van der Waals surface area contributed by atoms with E-state index in [0.29, 0.717) is 71.0 Å². The van der Waals surface area contributed by atoms with Crippen LogP contribution in [-0.4, -0.2) is 55.7 Å². The van der Waals surface area contributed by atoms with E-state index in [-0.39, 0.29) is 18.4 Å². The molecule has 8 bridgehead atoms. The first-order valence-electron chi connectivity index (χ1n) is 14.5. The van der Waals surface area contributed by atoms with Crippen molar-refractivity contribution in [1.29, 1.82) is 0 Å². The van der Waals surface area contributed by atoms with Gasteiger partial charge in [-0.15, -0.1) is 0 Å². The number of aliphatic hydroxyl groups is 1. The van der Waals surface area contributed by atoms with Gasteiger partial charge in [-0.25, -0.2) is 15.0 Å². The number of nitrogens with zero attached hydrogens (tertiary/aromatic N) is 3. The van der Waals surface area contributed by atoms with E-state index in [1.165, 1.54) is 0 Å². The molecule has 0 fully saturated rings. The van der Waals surface area contributed by atoms with Gasteiger partial charge >= 0.3 is 11.9 Å². The molecule has 44 heavy (non-hydrogen) atoms. The maximum Gasteiger partial charge on any atom is 0.303 e. The van der Waals surface area contributed by atoms with E-state index in [1.54, 1.807) is 12.2 Å².